The number of ether oxygens (including phenoxy) is 1. The maximum atomic E-state index is 13.4. The number of halogens is 3. The molecular formula is C23H22F3N3O5S2. The monoisotopic (exact) mass is 541 g/mol. The molecule has 1 aliphatic rings. The molecule has 0 fully saturated rings. The van der Waals surface area contributed by atoms with Crippen molar-refractivity contribution >= 4 is 25.8 Å². The summed E-state index contributed by atoms with van der Waals surface area (Å²) in [5, 5.41) is 0. The van der Waals surface area contributed by atoms with Crippen molar-refractivity contribution in [2.45, 2.75) is 29.8 Å². The highest BCUT2D eigenvalue weighted by molar-refractivity contribution is 7.92. The van der Waals surface area contributed by atoms with Gasteiger partial charge in [0.15, 0.2) is 0 Å². The molecule has 4 rings (SSSR count). The zero-order valence-corrected chi connectivity index (χ0v) is 20.6. The van der Waals surface area contributed by atoms with Crippen molar-refractivity contribution in [2.75, 3.05) is 23.3 Å². The third kappa shape index (κ3) is 5.95. The van der Waals surface area contributed by atoms with E-state index in [4.69, 9.17) is 4.74 Å². The van der Waals surface area contributed by atoms with Crippen molar-refractivity contribution in [2.24, 2.45) is 0 Å². The SMILES string of the molecule is CS(=O)(=O)CCc1cc(C(F)(F)F)ccc1[C@@H]1CCOc2cc(S(=O)(=O)Nc3ncccn3)ccc21. The van der Waals surface area contributed by atoms with E-state index in [1.54, 1.807) is 6.07 Å². The average molecular weight is 542 g/mol. The molecule has 13 heteroatoms. The van der Waals surface area contributed by atoms with Crippen LogP contribution < -0.4 is 9.46 Å². The van der Waals surface area contributed by atoms with Gasteiger partial charge in [0.25, 0.3) is 10.0 Å². The van der Waals surface area contributed by atoms with Crippen LogP contribution in [0.2, 0.25) is 0 Å². The minimum Gasteiger partial charge on any atom is -0.493 e. The Kier molecular flexibility index (Phi) is 6.97. The van der Waals surface area contributed by atoms with Gasteiger partial charge in [-0.2, -0.15) is 13.2 Å². The molecule has 0 unspecified atom stereocenters. The molecule has 8 nitrogen and oxygen atoms in total. The number of benzene rings is 2. The van der Waals surface area contributed by atoms with Crippen molar-refractivity contribution < 1.29 is 34.7 Å². The first-order valence-corrected chi connectivity index (χ1v) is 14.3. The van der Waals surface area contributed by atoms with Gasteiger partial charge in [-0.05, 0) is 48.2 Å². The third-order valence-corrected chi connectivity index (χ3v) is 7.99. The minimum atomic E-state index is -4.58. The van der Waals surface area contributed by atoms with Crippen LogP contribution in [0.3, 0.4) is 0 Å². The number of hydrogen-bond acceptors (Lipinski definition) is 7. The van der Waals surface area contributed by atoms with Gasteiger partial charge >= 0.3 is 6.18 Å². The largest absolute Gasteiger partial charge is 0.493 e. The van der Waals surface area contributed by atoms with Gasteiger partial charge in [0, 0.05) is 36.2 Å². The van der Waals surface area contributed by atoms with Gasteiger partial charge in [-0.3, -0.25) is 0 Å². The normalized spacial score (nSPS) is 16.2. The third-order valence-electron chi connectivity index (χ3n) is 5.71. The van der Waals surface area contributed by atoms with E-state index in [0.29, 0.717) is 17.5 Å². The molecule has 0 saturated carbocycles. The second-order valence-corrected chi connectivity index (χ2v) is 12.3. The van der Waals surface area contributed by atoms with Crippen LogP contribution >= 0.6 is 0 Å². The van der Waals surface area contributed by atoms with Gasteiger partial charge in [-0.15, -0.1) is 0 Å². The predicted octanol–water partition coefficient (Wildman–Crippen LogP) is 3.80. The molecule has 2 aromatic carbocycles. The lowest BCUT2D eigenvalue weighted by Crippen LogP contribution is -2.20. The second kappa shape index (κ2) is 9.69. The Morgan fingerprint density at radius 2 is 1.72 bits per heavy atom. The van der Waals surface area contributed by atoms with Crippen molar-refractivity contribution in [3.63, 3.8) is 0 Å². The topological polar surface area (TPSA) is 115 Å². The van der Waals surface area contributed by atoms with Gasteiger partial charge in [-0.25, -0.2) is 31.5 Å². The summed E-state index contributed by atoms with van der Waals surface area (Å²) in [5.41, 5.74) is 0.546. The predicted molar refractivity (Wildman–Crippen MR) is 126 cm³/mol. The number of alkyl halides is 3. The Balaban J connectivity index is 1.71. The Hall–Kier alpha value is -3.19. The van der Waals surface area contributed by atoms with Crippen LogP contribution in [0, 0.1) is 0 Å². The lowest BCUT2D eigenvalue weighted by Gasteiger charge is -2.29. The maximum Gasteiger partial charge on any atom is 0.416 e. The summed E-state index contributed by atoms with van der Waals surface area (Å²) < 4.78 is 97.1. The van der Waals surface area contributed by atoms with Crippen LogP contribution in [0.15, 0.2) is 59.8 Å². The summed E-state index contributed by atoms with van der Waals surface area (Å²) in [5.74, 6) is -0.541. The average Bonchev–Trinajstić information content (AvgIpc) is 2.81. The van der Waals surface area contributed by atoms with Gasteiger partial charge in [0.2, 0.25) is 5.95 Å². The molecular weight excluding hydrogens is 519 g/mol. The first-order valence-electron chi connectivity index (χ1n) is 10.8. The van der Waals surface area contributed by atoms with E-state index in [1.807, 2.05) is 0 Å². The lowest BCUT2D eigenvalue weighted by atomic mass is 9.83. The molecule has 3 aromatic rings. The van der Waals surface area contributed by atoms with Crippen molar-refractivity contribution in [1.29, 1.82) is 0 Å². The summed E-state index contributed by atoms with van der Waals surface area (Å²) in [4.78, 5) is 7.59. The number of sulfonamides is 1. The first-order chi connectivity index (χ1) is 16.8. The quantitative estimate of drug-likeness (QED) is 0.484. The number of nitrogens with one attached hydrogen (secondary N) is 1. The molecule has 1 aliphatic heterocycles. The molecule has 0 spiro atoms. The Labute approximate surface area is 206 Å². The molecule has 1 aromatic heterocycles. The van der Waals surface area contributed by atoms with E-state index < -0.39 is 37.5 Å². The lowest BCUT2D eigenvalue weighted by molar-refractivity contribution is -0.137. The number of nitrogens with zero attached hydrogens (tertiary/aromatic N) is 2. The van der Waals surface area contributed by atoms with Crippen LogP contribution in [-0.2, 0) is 32.5 Å². The summed E-state index contributed by atoms with van der Waals surface area (Å²) in [7, 11) is -7.45. The number of anilines is 1. The highest BCUT2D eigenvalue weighted by atomic mass is 32.2. The second-order valence-electron chi connectivity index (χ2n) is 8.36. The van der Waals surface area contributed by atoms with Crippen LogP contribution in [0.25, 0.3) is 0 Å². The number of rotatable bonds is 7. The van der Waals surface area contributed by atoms with E-state index in [0.717, 1.165) is 18.4 Å². The number of aromatic nitrogens is 2. The summed E-state index contributed by atoms with van der Waals surface area (Å²) in [6.07, 6.45) is -0.441. The Morgan fingerprint density at radius 1 is 1.03 bits per heavy atom. The van der Waals surface area contributed by atoms with E-state index in [1.165, 1.54) is 36.7 Å². The van der Waals surface area contributed by atoms with Crippen molar-refractivity contribution in [3.05, 3.63) is 77.1 Å². The van der Waals surface area contributed by atoms with Gasteiger partial charge in [-0.1, -0.05) is 12.1 Å². The fourth-order valence-corrected chi connectivity index (χ4v) is 5.59. The smallest absolute Gasteiger partial charge is 0.416 e. The van der Waals surface area contributed by atoms with Gasteiger partial charge in [0.05, 0.1) is 22.8 Å². The van der Waals surface area contributed by atoms with Gasteiger partial charge in [0.1, 0.15) is 15.6 Å². The minimum absolute atomic E-state index is 0.0851. The van der Waals surface area contributed by atoms with Crippen LogP contribution in [0.5, 0.6) is 5.75 Å². The highest BCUT2D eigenvalue weighted by Gasteiger charge is 2.33. The van der Waals surface area contributed by atoms with Crippen molar-refractivity contribution in [1.82, 2.24) is 9.97 Å². The van der Waals surface area contributed by atoms with Crippen LogP contribution in [-0.4, -0.2) is 45.4 Å². The molecule has 0 amide bonds. The van der Waals surface area contributed by atoms with E-state index in [9.17, 15) is 30.0 Å². The first kappa shape index (κ1) is 25.9. The standard InChI is InChI=1S/C23H22F3N3O5S2/c1-35(30,31)12-8-15-13-16(23(24,25)26)3-5-18(15)19-7-11-34-21-14-17(4-6-20(19)21)36(32,33)29-22-27-9-2-10-28-22/h2-6,9-10,13-14,19H,7-8,11-12H2,1H3,(H,27,28,29)/t19-/m0/s1. The summed E-state index contributed by atoms with van der Waals surface area (Å²) in [6.45, 7) is 0.197. The molecule has 2 heterocycles. The summed E-state index contributed by atoms with van der Waals surface area (Å²) in [6, 6.07) is 9.11. The molecule has 36 heavy (non-hydrogen) atoms. The molecule has 1 atom stereocenters. The number of aryl methyl sites for hydroxylation is 1. The number of sulfone groups is 1. The molecule has 192 valence electrons. The zero-order valence-electron chi connectivity index (χ0n) is 19.0. The Bertz CT molecular complexity index is 1480. The highest BCUT2D eigenvalue weighted by Crippen LogP contribution is 2.42. The van der Waals surface area contributed by atoms with Crippen LogP contribution in [0.4, 0.5) is 19.1 Å². The van der Waals surface area contributed by atoms with E-state index in [2.05, 4.69) is 14.7 Å². The molecule has 0 bridgehead atoms. The Morgan fingerprint density at radius 3 is 2.39 bits per heavy atom. The molecule has 1 N–H and O–H groups in total. The zero-order chi connectivity index (χ0) is 26.1. The number of fused-ring (bicyclic) bond motifs is 1. The fourth-order valence-electron chi connectivity index (χ4n) is 4.02. The molecule has 0 radical (unpaired) electrons. The molecule has 0 saturated heterocycles. The van der Waals surface area contributed by atoms with Crippen LogP contribution in [0.1, 0.15) is 34.6 Å². The van der Waals surface area contributed by atoms with Gasteiger partial charge < -0.3 is 4.74 Å². The van der Waals surface area contributed by atoms with E-state index in [-0.39, 0.29) is 40.9 Å². The van der Waals surface area contributed by atoms with E-state index >= 15 is 0 Å². The van der Waals surface area contributed by atoms with Crippen molar-refractivity contribution in [3.8, 4) is 5.75 Å². The number of hydrogen-bond donors (Lipinski definition) is 1. The maximum absolute atomic E-state index is 13.4. The molecule has 0 aliphatic carbocycles. The fraction of sp³-hybridized carbons (Fsp3) is 0.304. The summed E-state index contributed by atoms with van der Waals surface area (Å²) >= 11 is 0.